The van der Waals surface area contributed by atoms with Crippen molar-refractivity contribution in [1.29, 1.82) is 0 Å². The van der Waals surface area contributed by atoms with Gasteiger partial charge in [-0.1, -0.05) is 140 Å². The van der Waals surface area contributed by atoms with Crippen molar-refractivity contribution in [2.75, 3.05) is 0 Å². The summed E-state index contributed by atoms with van der Waals surface area (Å²) >= 11 is 1.80. The Morgan fingerprint density at radius 1 is 0.333 bits per heavy atom. The van der Waals surface area contributed by atoms with E-state index in [0.29, 0.717) is 17.5 Å². The van der Waals surface area contributed by atoms with Crippen LogP contribution in [0, 0.1) is 0 Å². The minimum Gasteiger partial charge on any atom is -0.309 e. The lowest BCUT2D eigenvalue weighted by Crippen LogP contribution is -2.00. The highest BCUT2D eigenvalue weighted by molar-refractivity contribution is 7.25. The first-order valence-electron chi connectivity index (χ1n) is 18.1. The van der Waals surface area contributed by atoms with Gasteiger partial charge in [0.25, 0.3) is 0 Å². The third kappa shape index (κ3) is 5.09. The van der Waals surface area contributed by atoms with Crippen LogP contribution < -0.4 is 0 Å². The third-order valence-corrected chi connectivity index (χ3v) is 11.6. The summed E-state index contributed by atoms with van der Waals surface area (Å²) < 4.78 is 4.88. The third-order valence-electron chi connectivity index (χ3n) is 10.4. The molecular weight excluding hydrogens is 677 g/mol. The molecule has 0 aliphatic carbocycles. The molecule has 0 aliphatic heterocycles. The summed E-state index contributed by atoms with van der Waals surface area (Å²) in [6.45, 7) is 0. The van der Waals surface area contributed by atoms with Crippen molar-refractivity contribution in [3.63, 3.8) is 0 Å². The number of hydrogen-bond acceptors (Lipinski definition) is 4. The van der Waals surface area contributed by atoms with Gasteiger partial charge in [0.15, 0.2) is 17.5 Å². The lowest BCUT2D eigenvalue weighted by atomic mass is 10.0. The monoisotopic (exact) mass is 706 g/mol. The highest BCUT2D eigenvalue weighted by Gasteiger charge is 2.16. The van der Waals surface area contributed by atoms with Gasteiger partial charge >= 0.3 is 0 Å². The van der Waals surface area contributed by atoms with Crippen molar-refractivity contribution >= 4 is 64.1 Å². The molecule has 0 saturated carbocycles. The minimum atomic E-state index is 0.649. The lowest BCUT2D eigenvalue weighted by Gasteiger charge is -2.11. The van der Waals surface area contributed by atoms with E-state index in [4.69, 9.17) is 15.0 Å². The summed E-state index contributed by atoms with van der Waals surface area (Å²) in [6, 6.07) is 64.6. The summed E-state index contributed by atoms with van der Waals surface area (Å²) in [6.07, 6.45) is 0. The van der Waals surface area contributed by atoms with E-state index in [-0.39, 0.29) is 0 Å². The fourth-order valence-electron chi connectivity index (χ4n) is 7.76. The van der Waals surface area contributed by atoms with Crippen LogP contribution in [0.2, 0.25) is 0 Å². The summed E-state index contributed by atoms with van der Waals surface area (Å²) in [4.78, 5) is 15.0. The number of thiophene rings is 1. The van der Waals surface area contributed by atoms with E-state index in [9.17, 15) is 0 Å². The topological polar surface area (TPSA) is 43.6 Å². The van der Waals surface area contributed by atoms with Crippen molar-refractivity contribution in [1.82, 2.24) is 19.5 Å². The average Bonchev–Trinajstić information content (AvgIpc) is 3.78. The molecule has 0 fully saturated rings. The molecule has 0 radical (unpaired) electrons. The van der Waals surface area contributed by atoms with Crippen LogP contribution in [-0.2, 0) is 0 Å². The van der Waals surface area contributed by atoms with Crippen LogP contribution in [0.4, 0.5) is 0 Å². The number of para-hydroxylation sites is 1. The second-order valence-electron chi connectivity index (χ2n) is 13.7. The quantitative estimate of drug-likeness (QED) is 0.179. The zero-order valence-corrected chi connectivity index (χ0v) is 29.8. The van der Waals surface area contributed by atoms with Crippen LogP contribution >= 0.6 is 11.3 Å². The molecule has 3 aromatic heterocycles. The zero-order valence-electron chi connectivity index (χ0n) is 29.0. The van der Waals surface area contributed by atoms with Crippen molar-refractivity contribution < 1.29 is 0 Å². The summed E-state index contributed by atoms with van der Waals surface area (Å²) in [5.41, 5.74) is 8.70. The normalized spacial score (nSPS) is 11.7. The van der Waals surface area contributed by atoms with Gasteiger partial charge in [-0.05, 0) is 64.4 Å². The minimum absolute atomic E-state index is 0.649. The smallest absolute Gasteiger partial charge is 0.164 e. The van der Waals surface area contributed by atoms with Crippen molar-refractivity contribution in [2.45, 2.75) is 0 Å². The van der Waals surface area contributed by atoms with E-state index in [2.05, 4.69) is 156 Å². The molecule has 4 nitrogen and oxygen atoms in total. The Kier molecular flexibility index (Phi) is 7.00. The zero-order chi connectivity index (χ0) is 35.6. The molecule has 11 rings (SSSR count). The van der Waals surface area contributed by atoms with Gasteiger partial charge in [0.2, 0.25) is 0 Å². The Bertz CT molecular complexity index is 3200. The van der Waals surface area contributed by atoms with Crippen LogP contribution in [0.3, 0.4) is 0 Å². The molecule has 0 unspecified atom stereocenters. The SMILES string of the molecule is c1ccc(-c2nc(-c3ccc(-c4ccc(-n5c6ccccc6c6cc7ccccc7cc65)cc4)cc3)nc(-c3ccc4c(c3)sc3ccccc34)n2)cc1. The van der Waals surface area contributed by atoms with E-state index in [1.165, 1.54) is 52.8 Å². The van der Waals surface area contributed by atoms with Gasteiger partial charge in [-0.3, -0.25) is 0 Å². The fourth-order valence-corrected chi connectivity index (χ4v) is 8.91. The number of rotatable bonds is 5. The second kappa shape index (κ2) is 12.3. The first-order chi connectivity index (χ1) is 26.7. The predicted octanol–water partition coefficient (Wildman–Crippen LogP) is 13.2. The molecule has 0 amide bonds. The number of hydrogen-bond donors (Lipinski definition) is 0. The molecule has 5 heteroatoms. The maximum absolute atomic E-state index is 5.05. The van der Waals surface area contributed by atoms with Gasteiger partial charge in [-0.2, -0.15) is 0 Å². The highest BCUT2D eigenvalue weighted by atomic mass is 32.1. The summed E-state index contributed by atoms with van der Waals surface area (Å²) in [5.74, 6) is 1.97. The first-order valence-corrected chi connectivity index (χ1v) is 18.9. The van der Waals surface area contributed by atoms with E-state index < -0.39 is 0 Å². The molecule has 0 bridgehead atoms. The van der Waals surface area contributed by atoms with Gasteiger partial charge in [0, 0.05) is 53.3 Å². The molecule has 54 heavy (non-hydrogen) atoms. The lowest BCUT2D eigenvalue weighted by molar-refractivity contribution is 1.07. The summed E-state index contributed by atoms with van der Waals surface area (Å²) in [5, 5.41) is 7.55. The highest BCUT2D eigenvalue weighted by Crippen LogP contribution is 2.38. The molecule has 0 N–H and O–H groups in total. The van der Waals surface area contributed by atoms with Crippen LogP contribution in [0.15, 0.2) is 182 Å². The second-order valence-corrected chi connectivity index (χ2v) is 14.8. The van der Waals surface area contributed by atoms with Gasteiger partial charge < -0.3 is 4.57 Å². The maximum atomic E-state index is 5.05. The van der Waals surface area contributed by atoms with E-state index in [1.54, 1.807) is 11.3 Å². The van der Waals surface area contributed by atoms with Gasteiger partial charge in [0.1, 0.15) is 0 Å². The standard InChI is InChI=1S/C49H30N4S/c1-2-10-33(11-3-1)47-50-48(52-49(51-47)37-24-27-41-40-15-7-9-17-45(40)54-46(41)30-37)34-20-18-31(19-21-34)32-22-25-38(26-23-32)53-43-16-8-6-14-39(43)42-28-35-12-4-5-13-36(35)29-44(42)53/h1-30H. The van der Waals surface area contributed by atoms with E-state index >= 15 is 0 Å². The van der Waals surface area contributed by atoms with Crippen LogP contribution in [0.5, 0.6) is 0 Å². The van der Waals surface area contributed by atoms with Crippen LogP contribution in [0.1, 0.15) is 0 Å². The van der Waals surface area contributed by atoms with Crippen molar-refractivity contribution in [3.8, 4) is 51.0 Å². The predicted molar refractivity (Wildman–Crippen MR) is 226 cm³/mol. The van der Waals surface area contributed by atoms with Gasteiger partial charge in [0.05, 0.1) is 11.0 Å². The molecule has 0 aliphatic rings. The van der Waals surface area contributed by atoms with Crippen molar-refractivity contribution in [3.05, 3.63) is 182 Å². The molecule has 0 atom stereocenters. The van der Waals surface area contributed by atoms with Crippen LogP contribution in [-0.4, -0.2) is 19.5 Å². The molecule has 3 heterocycles. The Hall–Kier alpha value is -6.95. The number of fused-ring (bicyclic) bond motifs is 7. The molecule has 11 aromatic rings. The van der Waals surface area contributed by atoms with E-state index in [1.807, 2.05) is 30.3 Å². The number of benzene rings is 8. The average molecular weight is 707 g/mol. The Morgan fingerprint density at radius 2 is 0.870 bits per heavy atom. The number of aromatic nitrogens is 4. The Balaban J connectivity index is 0.959. The molecular formula is C49H30N4S. The van der Waals surface area contributed by atoms with Crippen LogP contribution in [0.25, 0.3) is 104 Å². The largest absolute Gasteiger partial charge is 0.309 e. The van der Waals surface area contributed by atoms with Gasteiger partial charge in [-0.25, -0.2) is 15.0 Å². The molecule has 0 spiro atoms. The Morgan fingerprint density at radius 3 is 1.63 bits per heavy atom. The molecule has 252 valence electrons. The number of nitrogens with zero attached hydrogens (tertiary/aromatic N) is 4. The summed E-state index contributed by atoms with van der Waals surface area (Å²) in [7, 11) is 0. The molecule has 0 saturated heterocycles. The van der Waals surface area contributed by atoms with E-state index in [0.717, 1.165) is 33.5 Å². The Labute approximate surface area is 315 Å². The van der Waals surface area contributed by atoms with Crippen molar-refractivity contribution in [2.24, 2.45) is 0 Å². The first kappa shape index (κ1) is 30.7. The van der Waals surface area contributed by atoms with Gasteiger partial charge in [-0.15, -0.1) is 11.3 Å². The maximum Gasteiger partial charge on any atom is 0.164 e. The molecule has 8 aromatic carbocycles. The fraction of sp³-hybridized carbons (Fsp3) is 0.